The first-order valence-corrected chi connectivity index (χ1v) is 25.1. The number of nitrogens with zero attached hydrogens (tertiary/aromatic N) is 2. The standard InChI is InChI=1S/C61H48N2S2/c1-35(2)45-34-52(63(39-17-9-6-10-18-39)49-22-13-20-42-40-19-11-12-24-53(40)64-59(42)49)47-33-48-55-37(29-30-61(48,3)4)32-51(43-27-26-41(45)57(47)58(43)55)62(38-15-7-5-8-16-38)50-23-14-21-44-56-46-31-36(46)25-28-54(56)65-60(44)50/h5-28,32-36,46H,29-31H2,1-4H3. The Hall–Kier alpha value is -6.46. The Bertz CT molecular complexity index is 3780. The van der Waals surface area contributed by atoms with E-state index in [0.29, 0.717) is 17.8 Å². The lowest BCUT2D eigenvalue weighted by Crippen LogP contribution is -2.24. The molecule has 9 aromatic carbocycles. The Morgan fingerprint density at radius 1 is 0.554 bits per heavy atom. The Labute approximate surface area is 388 Å². The minimum absolute atomic E-state index is 0.00665. The summed E-state index contributed by atoms with van der Waals surface area (Å²) in [7, 11) is 0. The molecular weight excluding hydrogens is 825 g/mol. The lowest BCUT2D eigenvalue weighted by atomic mass is 9.70. The van der Waals surface area contributed by atoms with Crippen LogP contribution in [0.4, 0.5) is 34.1 Å². The number of hydrogen-bond acceptors (Lipinski definition) is 4. The summed E-state index contributed by atoms with van der Waals surface area (Å²) in [6.45, 7) is 9.72. The van der Waals surface area contributed by atoms with Gasteiger partial charge in [-0.25, -0.2) is 0 Å². The molecule has 3 aliphatic rings. The van der Waals surface area contributed by atoms with Crippen molar-refractivity contribution in [1.29, 1.82) is 0 Å². The summed E-state index contributed by atoms with van der Waals surface area (Å²) in [6, 6.07) is 57.9. The summed E-state index contributed by atoms with van der Waals surface area (Å²) in [6.07, 6.45) is 8.30. The van der Waals surface area contributed by atoms with E-state index in [1.54, 1.807) is 5.56 Å². The molecular formula is C61H48N2S2. The molecule has 11 aromatic rings. The van der Waals surface area contributed by atoms with Crippen molar-refractivity contribution in [3.63, 3.8) is 0 Å². The van der Waals surface area contributed by atoms with Gasteiger partial charge in [0.2, 0.25) is 0 Å². The lowest BCUT2D eigenvalue weighted by molar-refractivity contribution is 0.475. The predicted molar refractivity (Wildman–Crippen MR) is 283 cm³/mol. The minimum Gasteiger partial charge on any atom is -0.308 e. The number of hydrogen-bond donors (Lipinski definition) is 0. The highest BCUT2D eigenvalue weighted by molar-refractivity contribution is 7.26. The molecule has 0 aliphatic heterocycles. The van der Waals surface area contributed by atoms with E-state index in [0.717, 1.165) is 12.8 Å². The number of anilines is 6. The summed E-state index contributed by atoms with van der Waals surface area (Å²) in [5.41, 5.74) is 13.3. The van der Waals surface area contributed by atoms with Crippen LogP contribution in [0.2, 0.25) is 0 Å². The lowest BCUT2D eigenvalue weighted by Gasteiger charge is -2.37. The predicted octanol–water partition coefficient (Wildman–Crippen LogP) is 18.6. The van der Waals surface area contributed by atoms with E-state index >= 15 is 0 Å². The molecule has 0 radical (unpaired) electrons. The first-order valence-electron chi connectivity index (χ1n) is 23.5. The van der Waals surface area contributed by atoms with Crippen LogP contribution in [0, 0.1) is 5.92 Å². The van der Waals surface area contributed by atoms with Crippen LogP contribution in [0.1, 0.15) is 79.5 Å². The van der Waals surface area contributed by atoms with E-state index in [1.165, 1.54) is 125 Å². The fraction of sp³-hybridized carbons (Fsp3) is 0.180. The highest BCUT2D eigenvalue weighted by atomic mass is 32.1. The maximum atomic E-state index is 2.62. The smallest absolute Gasteiger partial charge is 0.0640 e. The Morgan fingerprint density at radius 3 is 1.94 bits per heavy atom. The van der Waals surface area contributed by atoms with Gasteiger partial charge in [0.05, 0.1) is 32.1 Å². The molecule has 2 aromatic heterocycles. The molecule has 4 heteroatoms. The summed E-state index contributed by atoms with van der Waals surface area (Å²) in [4.78, 5) is 6.65. The molecule has 0 saturated heterocycles. The van der Waals surface area contributed by atoms with Crippen molar-refractivity contribution in [3.05, 3.63) is 185 Å². The normalized spacial score (nSPS) is 17.2. The zero-order valence-electron chi connectivity index (χ0n) is 37.2. The van der Waals surface area contributed by atoms with Crippen LogP contribution in [0.5, 0.6) is 0 Å². The van der Waals surface area contributed by atoms with Crippen molar-refractivity contribution >= 4 is 125 Å². The molecule has 0 bridgehead atoms. The van der Waals surface area contributed by atoms with Gasteiger partial charge in [-0.15, -0.1) is 22.7 Å². The second kappa shape index (κ2) is 13.8. The molecule has 314 valence electrons. The topological polar surface area (TPSA) is 6.48 Å². The number of aryl methyl sites for hydroxylation is 1. The van der Waals surface area contributed by atoms with Gasteiger partial charge in [-0.3, -0.25) is 0 Å². The van der Waals surface area contributed by atoms with Gasteiger partial charge in [-0.2, -0.15) is 0 Å². The van der Waals surface area contributed by atoms with Gasteiger partial charge in [0.15, 0.2) is 0 Å². The first-order chi connectivity index (χ1) is 31.8. The molecule has 2 atom stereocenters. The van der Waals surface area contributed by atoms with Gasteiger partial charge in [0.1, 0.15) is 0 Å². The fourth-order valence-corrected chi connectivity index (χ4v) is 14.5. The van der Waals surface area contributed by atoms with Crippen LogP contribution in [-0.2, 0) is 11.8 Å². The molecule has 0 spiro atoms. The van der Waals surface area contributed by atoms with Crippen LogP contribution < -0.4 is 9.80 Å². The average Bonchev–Trinajstić information content (AvgIpc) is 3.87. The molecule has 2 nitrogen and oxygen atoms in total. The number of rotatable bonds is 7. The number of benzene rings is 9. The van der Waals surface area contributed by atoms with Crippen LogP contribution in [0.3, 0.4) is 0 Å². The molecule has 1 saturated carbocycles. The van der Waals surface area contributed by atoms with Gasteiger partial charge in [0.25, 0.3) is 0 Å². The molecule has 3 aliphatic carbocycles. The summed E-state index contributed by atoms with van der Waals surface area (Å²) in [5.74, 6) is 1.67. The molecule has 14 rings (SSSR count). The quantitative estimate of drug-likeness (QED) is 0.147. The highest BCUT2D eigenvalue weighted by Crippen LogP contribution is 2.60. The average molecular weight is 873 g/mol. The van der Waals surface area contributed by atoms with Gasteiger partial charge in [0, 0.05) is 47.9 Å². The Morgan fingerprint density at radius 2 is 1.20 bits per heavy atom. The minimum atomic E-state index is -0.00665. The first kappa shape index (κ1) is 37.9. The molecule has 2 unspecified atom stereocenters. The highest BCUT2D eigenvalue weighted by Gasteiger charge is 2.42. The second-order valence-corrected chi connectivity index (χ2v) is 21.9. The van der Waals surface area contributed by atoms with Crippen molar-refractivity contribution in [2.45, 2.75) is 64.2 Å². The SMILES string of the molecule is CC(C)c1cc(N(c2ccccc2)c2cccc3c2sc2ccccc23)c2cc3c4c(cc(N(c5ccccc5)c5cccc6c7c(sc56)C=CC5CC75)c5ccc1c2c54)CCC3(C)C. The number of allylic oxidation sites excluding steroid dienone is 1. The molecule has 2 heterocycles. The van der Waals surface area contributed by atoms with Gasteiger partial charge in [-0.1, -0.05) is 125 Å². The largest absolute Gasteiger partial charge is 0.308 e. The van der Waals surface area contributed by atoms with Crippen LogP contribution in [0.25, 0.3) is 68.7 Å². The third-order valence-corrected chi connectivity index (χ3v) is 17.7. The summed E-state index contributed by atoms with van der Waals surface area (Å²) in [5, 5.41) is 12.3. The van der Waals surface area contributed by atoms with Gasteiger partial charge in [-0.05, 0) is 153 Å². The third kappa shape index (κ3) is 5.45. The van der Waals surface area contributed by atoms with E-state index in [1.807, 2.05) is 22.7 Å². The Kier molecular flexibility index (Phi) is 8.03. The Balaban J connectivity index is 1.12. The second-order valence-electron chi connectivity index (χ2n) is 19.8. The van der Waals surface area contributed by atoms with E-state index in [2.05, 4.69) is 201 Å². The monoisotopic (exact) mass is 872 g/mol. The summed E-state index contributed by atoms with van der Waals surface area (Å²) >= 11 is 3.90. The summed E-state index contributed by atoms with van der Waals surface area (Å²) < 4.78 is 4.02. The zero-order chi connectivity index (χ0) is 43.3. The van der Waals surface area contributed by atoms with Gasteiger partial charge >= 0.3 is 0 Å². The molecule has 0 amide bonds. The number of para-hydroxylation sites is 2. The maximum Gasteiger partial charge on any atom is 0.0640 e. The van der Waals surface area contributed by atoms with Crippen molar-refractivity contribution in [2.24, 2.45) is 5.92 Å². The fourth-order valence-electron chi connectivity index (χ4n) is 12.0. The molecule has 65 heavy (non-hydrogen) atoms. The van der Waals surface area contributed by atoms with Crippen molar-refractivity contribution < 1.29 is 0 Å². The van der Waals surface area contributed by atoms with Crippen LogP contribution in [0.15, 0.2) is 158 Å². The van der Waals surface area contributed by atoms with E-state index in [-0.39, 0.29) is 5.41 Å². The molecule has 0 N–H and O–H groups in total. The van der Waals surface area contributed by atoms with Crippen molar-refractivity contribution in [3.8, 4) is 0 Å². The van der Waals surface area contributed by atoms with E-state index in [9.17, 15) is 0 Å². The van der Waals surface area contributed by atoms with Gasteiger partial charge < -0.3 is 9.80 Å². The van der Waals surface area contributed by atoms with Crippen LogP contribution >= 0.6 is 22.7 Å². The van der Waals surface area contributed by atoms with Crippen molar-refractivity contribution in [1.82, 2.24) is 0 Å². The van der Waals surface area contributed by atoms with E-state index < -0.39 is 0 Å². The number of thiophene rings is 2. The van der Waals surface area contributed by atoms with E-state index in [4.69, 9.17) is 0 Å². The van der Waals surface area contributed by atoms with Crippen LogP contribution in [-0.4, -0.2) is 0 Å². The molecule has 1 fully saturated rings. The third-order valence-electron chi connectivity index (χ3n) is 15.3. The van der Waals surface area contributed by atoms with Crippen molar-refractivity contribution in [2.75, 3.05) is 9.80 Å². The maximum absolute atomic E-state index is 2.62. The number of fused-ring (bicyclic) bond motifs is 8. The zero-order valence-corrected chi connectivity index (χ0v) is 38.8.